The van der Waals surface area contributed by atoms with E-state index in [-0.39, 0.29) is 36.2 Å². The van der Waals surface area contributed by atoms with E-state index in [0.29, 0.717) is 22.8 Å². The van der Waals surface area contributed by atoms with Crippen LogP contribution in [0.1, 0.15) is 5.69 Å². The summed E-state index contributed by atoms with van der Waals surface area (Å²) in [6, 6.07) is 0. The zero-order valence-electron chi connectivity index (χ0n) is 13.5. The number of aromatic nitrogens is 3. The molecule has 0 saturated carbocycles. The van der Waals surface area contributed by atoms with Crippen molar-refractivity contribution in [2.45, 2.75) is 11.1 Å². The van der Waals surface area contributed by atoms with Crippen LogP contribution in [0.2, 0.25) is 0 Å². The van der Waals surface area contributed by atoms with E-state index in [0.717, 1.165) is 0 Å². The Morgan fingerprint density at radius 3 is 2.48 bits per heavy atom. The number of imidazole rings is 1. The van der Waals surface area contributed by atoms with Gasteiger partial charge in [0.15, 0.2) is 4.21 Å². The lowest BCUT2D eigenvalue weighted by Gasteiger charge is -2.34. The molecule has 1 N–H and O–H groups in total. The maximum absolute atomic E-state index is 12.7. The molecule has 1 saturated heterocycles. The van der Waals surface area contributed by atoms with Crippen molar-refractivity contribution in [2.75, 3.05) is 31.1 Å². The molecule has 3 rings (SSSR count). The number of anilines is 1. The maximum atomic E-state index is 12.7. The van der Waals surface area contributed by atoms with Gasteiger partial charge in [-0.15, -0.1) is 0 Å². The second-order valence-corrected chi connectivity index (χ2v) is 8.69. The average molecular weight is 388 g/mol. The van der Waals surface area contributed by atoms with Gasteiger partial charge >= 0.3 is 10.7 Å². The van der Waals surface area contributed by atoms with Crippen molar-refractivity contribution in [3.63, 3.8) is 0 Å². The highest BCUT2D eigenvalue weighted by Gasteiger charge is 2.34. The Morgan fingerprint density at radius 2 is 1.96 bits per heavy atom. The van der Waals surface area contributed by atoms with Gasteiger partial charge in [0, 0.05) is 38.9 Å². The van der Waals surface area contributed by atoms with Crippen LogP contribution >= 0.6 is 11.3 Å². The van der Waals surface area contributed by atoms with Crippen LogP contribution in [0.3, 0.4) is 0 Å². The zero-order valence-corrected chi connectivity index (χ0v) is 15.1. The summed E-state index contributed by atoms with van der Waals surface area (Å²) >= 11 is 0.665. The molecule has 136 valence electrons. The molecular weight excluding hydrogens is 372 g/mol. The fourth-order valence-corrected chi connectivity index (χ4v) is 5.66. The van der Waals surface area contributed by atoms with Gasteiger partial charge in [-0.1, -0.05) is 11.3 Å². The molecule has 3 heterocycles. The molecule has 0 unspecified atom stereocenters. The van der Waals surface area contributed by atoms with Crippen LogP contribution in [-0.2, 0) is 17.1 Å². The Balaban J connectivity index is 1.81. The van der Waals surface area contributed by atoms with Gasteiger partial charge in [-0.25, -0.2) is 8.42 Å². The summed E-state index contributed by atoms with van der Waals surface area (Å²) in [5, 5.41) is 11.1. The molecule has 2 aromatic rings. The molecule has 2 aromatic heterocycles. The first kappa shape index (κ1) is 17.6. The van der Waals surface area contributed by atoms with Gasteiger partial charge in [0.05, 0.1) is 0 Å². The highest BCUT2D eigenvalue weighted by atomic mass is 32.2. The standard InChI is InChI=1S/C12H16N6O5S2/c1-8-11(24-12(19)14-8)25(22,23)17-5-3-16(4-6-17)10-9(18(20)21)13-7-15(10)2/h7H,3-6H2,1-2H3,(H,14,19). The SMILES string of the molecule is Cc1[nH]c(=O)sc1S(=O)(=O)N1CCN(c2c([N+](=O)[O-])ncn2C)CC1. The number of aryl methyl sites for hydroxylation is 2. The Kier molecular flexibility index (Phi) is 4.38. The Labute approximate surface area is 146 Å². The van der Waals surface area contributed by atoms with Gasteiger partial charge in [0.1, 0.15) is 0 Å². The zero-order chi connectivity index (χ0) is 18.4. The van der Waals surface area contributed by atoms with E-state index in [1.165, 1.54) is 10.6 Å². The number of nitro groups is 1. The van der Waals surface area contributed by atoms with Crippen LogP contribution in [0, 0.1) is 17.0 Å². The van der Waals surface area contributed by atoms with Crippen LogP contribution in [0.4, 0.5) is 11.6 Å². The largest absolute Gasteiger partial charge is 0.406 e. The molecule has 1 aliphatic heterocycles. The number of piperazine rings is 1. The number of aromatic amines is 1. The Morgan fingerprint density at radius 1 is 1.32 bits per heavy atom. The minimum Gasteiger partial charge on any atom is -0.358 e. The normalized spacial score (nSPS) is 16.3. The van der Waals surface area contributed by atoms with E-state index >= 15 is 0 Å². The van der Waals surface area contributed by atoms with Gasteiger partial charge in [-0.3, -0.25) is 9.36 Å². The summed E-state index contributed by atoms with van der Waals surface area (Å²) in [5.41, 5.74) is 0.319. The molecule has 1 fully saturated rings. The molecule has 25 heavy (non-hydrogen) atoms. The van der Waals surface area contributed by atoms with Crippen LogP contribution in [0.5, 0.6) is 0 Å². The molecule has 0 aromatic carbocycles. The molecule has 1 aliphatic rings. The average Bonchev–Trinajstić information content (AvgIpc) is 3.10. The number of hydrogen-bond acceptors (Lipinski definition) is 8. The highest BCUT2D eigenvalue weighted by molar-refractivity contribution is 7.91. The third-order valence-electron chi connectivity index (χ3n) is 3.95. The van der Waals surface area contributed by atoms with Crippen LogP contribution < -0.4 is 9.77 Å². The van der Waals surface area contributed by atoms with Crippen LogP contribution in [0.25, 0.3) is 0 Å². The van der Waals surface area contributed by atoms with E-state index in [4.69, 9.17) is 0 Å². The van der Waals surface area contributed by atoms with E-state index < -0.39 is 19.8 Å². The monoisotopic (exact) mass is 388 g/mol. The van der Waals surface area contributed by atoms with Crippen molar-refractivity contribution in [1.82, 2.24) is 18.8 Å². The molecule has 13 heteroatoms. The predicted octanol–water partition coefficient (Wildman–Crippen LogP) is -0.103. The summed E-state index contributed by atoms with van der Waals surface area (Å²) in [6.07, 6.45) is 1.36. The summed E-state index contributed by atoms with van der Waals surface area (Å²) in [6.45, 7) is 2.45. The van der Waals surface area contributed by atoms with Gasteiger partial charge in [0.2, 0.25) is 12.1 Å². The summed E-state index contributed by atoms with van der Waals surface area (Å²) in [4.78, 5) is 29.5. The molecule has 0 bridgehead atoms. The minimum atomic E-state index is -3.76. The van der Waals surface area contributed by atoms with Crippen molar-refractivity contribution in [3.05, 3.63) is 31.8 Å². The van der Waals surface area contributed by atoms with Gasteiger partial charge in [-0.05, 0) is 16.8 Å². The van der Waals surface area contributed by atoms with Crippen LogP contribution in [-0.4, -0.2) is 58.4 Å². The van der Waals surface area contributed by atoms with E-state index in [1.807, 2.05) is 0 Å². The lowest BCUT2D eigenvalue weighted by atomic mass is 10.3. The highest BCUT2D eigenvalue weighted by Crippen LogP contribution is 2.28. The fraction of sp³-hybridized carbons (Fsp3) is 0.500. The first-order valence-electron chi connectivity index (χ1n) is 7.32. The number of rotatable bonds is 4. The van der Waals surface area contributed by atoms with Gasteiger partial charge < -0.3 is 20.0 Å². The summed E-state index contributed by atoms with van der Waals surface area (Å²) in [5.74, 6) is 0.100. The van der Waals surface area contributed by atoms with Crippen molar-refractivity contribution >= 4 is 33.0 Å². The molecule has 0 aliphatic carbocycles. The minimum absolute atomic E-state index is 0.0115. The van der Waals surface area contributed by atoms with Crippen LogP contribution in [0.15, 0.2) is 15.3 Å². The first-order chi connectivity index (χ1) is 11.7. The third kappa shape index (κ3) is 3.05. The molecule has 0 atom stereocenters. The van der Waals surface area contributed by atoms with E-state index in [2.05, 4.69) is 9.97 Å². The first-order valence-corrected chi connectivity index (χ1v) is 9.58. The third-order valence-corrected chi connectivity index (χ3v) is 7.43. The second-order valence-electron chi connectivity index (χ2n) is 5.58. The number of nitrogens with one attached hydrogen (secondary N) is 1. The molecule has 0 radical (unpaired) electrons. The quantitative estimate of drug-likeness (QED) is 0.571. The fourth-order valence-electron chi connectivity index (χ4n) is 2.80. The summed E-state index contributed by atoms with van der Waals surface area (Å²) in [7, 11) is -2.11. The number of H-pyrrole nitrogens is 1. The van der Waals surface area contributed by atoms with Crippen molar-refractivity contribution in [2.24, 2.45) is 7.05 Å². The molecule has 11 nitrogen and oxygen atoms in total. The number of nitrogens with zero attached hydrogens (tertiary/aromatic N) is 5. The lowest BCUT2D eigenvalue weighted by molar-refractivity contribution is -0.388. The van der Waals surface area contributed by atoms with E-state index in [1.54, 1.807) is 23.4 Å². The smallest absolute Gasteiger partial charge is 0.358 e. The van der Waals surface area contributed by atoms with Crippen molar-refractivity contribution in [3.8, 4) is 0 Å². The second kappa shape index (κ2) is 6.24. The maximum Gasteiger partial charge on any atom is 0.406 e. The molecular formula is C12H16N6O5S2. The van der Waals surface area contributed by atoms with Gasteiger partial charge in [0.25, 0.3) is 10.0 Å². The van der Waals surface area contributed by atoms with E-state index in [9.17, 15) is 23.3 Å². The van der Waals surface area contributed by atoms with Crippen molar-refractivity contribution in [1.29, 1.82) is 0 Å². The van der Waals surface area contributed by atoms with Gasteiger partial charge in [-0.2, -0.15) is 4.31 Å². The lowest BCUT2D eigenvalue weighted by Crippen LogP contribution is -2.49. The number of hydrogen-bond donors (Lipinski definition) is 1. The number of thiazole rings is 1. The Hall–Kier alpha value is -2.25. The number of sulfonamides is 1. The Bertz CT molecular complexity index is 967. The molecule has 0 spiro atoms. The topological polar surface area (TPSA) is 134 Å². The molecule has 0 amide bonds. The van der Waals surface area contributed by atoms with Crippen molar-refractivity contribution < 1.29 is 13.3 Å². The predicted molar refractivity (Wildman–Crippen MR) is 90.5 cm³/mol. The summed E-state index contributed by atoms with van der Waals surface area (Å²) < 4.78 is 28.2.